The molecular weight excluding hydrogens is 488 g/mol. The number of aromatic nitrogens is 2. The maximum absolute atomic E-state index is 12.9. The third kappa shape index (κ3) is 5.92. The van der Waals surface area contributed by atoms with Gasteiger partial charge in [-0.25, -0.2) is 4.98 Å². The number of methoxy groups -OCH3 is 1. The standard InChI is InChI=1S/C31H38N6O2/c1-39-28-11-9-25(10-12-28)24-5-7-26(8-6-24)29-21-33-30(22-32-29)36-15-13-34(14-16-36)23-31(38)37-19-17-35(18-20-37)27-3-2-4-27/h5-12,21-22,27H,2-4,13-20,23H2,1H3. The summed E-state index contributed by atoms with van der Waals surface area (Å²) in [5.74, 6) is 2.03. The average molecular weight is 527 g/mol. The first-order valence-corrected chi connectivity index (χ1v) is 14.2. The number of amides is 1. The van der Waals surface area contributed by atoms with Gasteiger partial charge in [0.05, 0.1) is 31.7 Å². The second-order valence-corrected chi connectivity index (χ2v) is 10.8. The fourth-order valence-electron chi connectivity index (χ4n) is 5.77. The van der Waals surface area contributed by atoms with Gasteiger partial charge in [0.2, 0.25) is 5.91 Å². The molecule has 1 saturated carbocycles. The first-order chi connectivity index (χ1) is 19.2. The minimum atomic E-state index is 0.277. The van der Waals surface area contributed by atoms with Crippen molar-refractivity contribution in [3.05, 3.63) is 60.9 Å². The summed E-state index contributed by atoms with van der Waals surface area (Å²) in [6.07, 6.45) is 7.77. The molecule has 3 aliphatic rings. The normalized spacial score (nSPS) is 19.1. The molecule has 8 nitrogen and oxygen atoms in total. The second-order valence-electron chi connectivity index (χ2n) is 10.8. The molecule has 0 unspecified atom stereocenters. The molecule has 0 bridgehead atoms. The number of hydrogen-bond acceptors (Lipinski definition) is 7. The summed E-state index contributed by atoms with van der Waals surface area (Å²) in [7, 11) is 1.68. The van der Waals surface area contributed by atoms with Crippen LogP contribution in [0.3, 0.4) is 0 Å². The number of benzene rings is 2. The van der Waals surface area contributed by atoms with Crippen LogP contribution in [0.25, 0.3) is 22.4 Å². The van der Waals surface area contributed by atoms with Gasteiger partial charge in [-0.1, -0.05) is 42.8 Å². The summed E-state index contributed by atoms with van der Waals surface area (Å²) in [5, 5.41) is 0. The second kappa shape index (κ2) is 11.7. The minimum Gasteiger partial charge on any atom is -0.497 e. The van der Waals surface area contributed by atoms with E-state index in [9.17, 15) is 4.79 Å². The van der Waals surface area contributed by atoms with Crippen molar-refractivity contribution in [2.24, 2.45) is 0 Å². The quantitative estimate of drug-likeness (QED) is 0.466. The van der Waals surface area contributed by atoms with Gasteiger partial charge in [-0.2, -0.15) is 0 Å². The molecule has 0 atom stereocenters. The van der Waals surface area contributed by atoms with Crippen LogP contribution in [0.5, 0.6) is 5.75 Å². The van der Waals surface area contributed by atoms with Crippen LogP contribution in [0, 0.1) is 0 Å². The van der Waals surface area contributed by atoms with Crippen LogP contribution in [0.4, 0.5) is 5.82 Å². The van der Waals surface area contributed by atoms with Gasteiger partial charge in [0.1, 0.15) is 11.6 Å². The third-order valence-electron chi connectivity index (χ3n) is 8.56. The van der Waals surface area contributed by atoms with Gasteiger partial charge in [0, 0.05) is 64.0 Å². The van der Waals surface area contributed by atoms with Crippen molar-refractivity contribution in [1.29, 1.82) is 0 Å². The summed E-state index contributed by atoms with van der Waals surface area (Å²) in [6.45, 7) is 7.78. The SMILES string of the molecule is COc1ccc(-c2ccc(-c3cnc(N4CCN(CC(=O)N5CCN(C6CCC6)CC5)CC4)cn3)cc2)cc1. The Labute approximate surface area is 231 Å². The molecule has 6 rings (SSSR count). The Bertz CT molecular complexity index is 1230. The number of piperazine rings is 2. The van der Waals surface area contributed by atoms with E-state index in [0.29, 0.717) is 6.54 Å². The Morgan fingerprint density at radius 1 is 0.795 bits per heavy atom. The van der Waals surface area contributed by atoms with Crippen LogP contribution >= 0.6 is 0 Å². The van der Waals surface area contributed by atoms with Gasteiger partial charge in [-0.05, 0) is 36.1 Å². The zero-order valence-electron chi connectivity index (χ0n) is 22.8. The van der Waals surface area contributed by atoms with Gasteiger partial charge in [0.15, 0.2) is 0 Å². The minimum absolute atomic E-state index is 0.277. The van der Waals surface area contributed by atoms with Gasteiger partial charge in [-0.3, -0.25) is 19.6 Å². The number of rotatable bonds is 7. The highest BCUT2D eigenvalue weighted by Crippen LogP contribution is 2.27. The molecule has 1 aliphatic carbocycles. The van der Waals surface area contributed by atoms with Crippen LogP contribution in [0.1, 0.15) is 19.3 Å². The smallest absolute Gasteiger partial charge is 0.236 e. The maximum atomic E-state index is 12.9. The van der Waals surface area contributed by atoms with Crippen molar-refractivity contribution >= 4 is 11.7 Å². The molecule has 1 aromatic heterocycles. The van der Waals surface area contributed by atoms with E-state index in [1.165, 1.54) is 19.3 Å². The van der Waals surface area contributed by atoms with Crippen molar-refractivity contribution in [3.8, 4) is 28.1 Å². The number of hydrogen-bond donors (Lipinski definition) is 0. The van der Waals surface area contributed by atoms with E-state index in [0.717, 1.165) is 92.4 Å². The van der Waals surface area contributed by atoms with E-state index in [-0.39, 0.29) is 5.91 Å². The highest BCUT2D eigenvalue weighted by Gasteiger charge is 2.30. The molecule has 2 aliphatic heterocycles. The molecule has 2 aromatic carbocycles. The fraction of sp³-hybridized carbons (Fsp3) is 0.452. The summed E-state index contributed by atoms with van der Waals surface area (Å²) in [6, 6.07) is 17.3. The third-order valence-corrected chi connectivity index (χ3v) is 8.56. The van der Waals surface area contributed by atoms with Crippen LogP contribution in [0.2, 0.25) is 0 Å². The maximum Gasteiger partial charge on any atom is 0.236 e. The van der Waals surface area contributed by atoms with Gasteiger partial charge < -0.3 is 14.5 Å². The van der Waals surface area contributed by atoms with Gasteiger partial charge in [0.25, 0.3) is 0 Å². The molecule has 1 amide bonds. The van der Waals surface area contributed by atoms with Gasteiger partial charge >= 0.3 is 0 Å². The zero-order valence-corrected chi connectivity index (χ0v) is 22.8. The monoisotopic (exact) mass is 526 g/mol. The lowest BCUT2D eigenvalue weighted by molar-refractivity contribution is -0.134. The number of nitrogens with zero attached hydrogens (tertiary/aromatic N) is 6. The van der Waals surface area contributed by atoms with E-state index < -0.39 is 0 Å². The van der Waals surface area contributed by atoms with Gasteiger partial charge in [-0.15, -0.1) is 0 Å². The average Bonchev–Trinajstić information content (AvgIpc) is 2.97. The molecule has 0 radical (unpaired) electrons. The molecule has 2 saturated heterocycles. The predicted octanol–water partition coefficient (Wildman–Crippen LogP) is 3.64. The van der Waals surface area contributed by atoms with Crippen molar-refractivity contribution in [3.63, 3.8) is 0 Å². The Morgan fingerprint density at radius 2 is 1.44 bits per heavy atom. The molecule has 3 heterocycles. The first-order valence-electron chi connectivity index (χ1n) is 14.2. The molecule has 39 heavy (non-hydrogen) atoms. The van der Waals surface area contributed by atoms with Crippen LogP contribution in [-0.4, -0.2) is 103 Å². The van der Waals surface area contributed by atoms with Crippen LogP contribution in [0.15, 0.2) is 60.9 Å². The lowest BCUT2D eigenvalue weighted by Crippen LogP contribution is -2.56. The summed E-state index contributed by atoms with van der Waals surface area (Å²) >= 11 is 0. The molecular formula is C31H38N6O2. The Hall–Kier alpha value is -3.49. The Kier molecular flexibility index (Phi) is 7.74. The van der Waals surface area contributed by atoms with E-state index in [1.54, 1.807) is 7.11 Å². The Morgan fingerprint density at radius 3 is 2.00 bits per heavy atom. The lowest BCUT2D eigenvalue weighted by atomic mass is 9.91. The molecule has 8 heteroatoms. The van der Waals surface area contributed by atoms with Crippen molar-refractivity contribution in [1.82, 2.24) is 24.7 Å². The molecule has 0 spiro atoms. The van der Waals surface area contributed by atoms with Crippen LogP contribution < -0.4 is 9.64 Å². The number of anilines is 1. The van der Waals surface area contributed by atoms with E-state index in [2.05, 4.69) is 56.0 Å². The summed E-state index contributed by atoms with van der Waals surface area (Å²) in [4.78, 5) is 31.5. The lowest BCUT2D eigenvalue weighted by Gasteiger charge is -2.43. The predicted molar refractivity (Wildman–Crippen MR) is 154 cm³/mol. The molecule has 0 N–H and O–H groups in total. The number of ether oxygens (including phenoxy) is 1. The van der Waals surface area contributed by atoms with Crippen molar-refractivity contribution in [2.75, 3.05) is 70.9 Å². The number of carbonyl (C=O) groups excluding carboxylic acids is 1. The molecule has 3 aromatic rings. The van der Waals surface area contributed by atoms with Crippen molar-refractivity contribution in [2.45, 2.75) is 25.3 Å². The molecule has 204 valence electrons. The van der Waals surface area contributed by atoms with E-state index in [4.69, 9.17) is 14.7 Å². The molecule has 3 fully saturated rings. The van der Waals surface area contributed by atoms with E-state index in [1.807, 2.05) is 24.5 Å². The highest BCUT2D eigenvalue weighted by molar-refractivity contribution is 5.78. The topological polar surface area (TPSA) is 65.0 Å². The zero-order chi connectivity index (χ0) is 26.6. The summed E-state index contributed by atoms with van der Waals surface area (Å²) < 4.78 is 5.25. The Balaban J connectivity index is 0.979. The summed E-state index contributed by atoms with van der Waals surface area (Å²) in [5.41, 5.74) is 4.21. The fourth-order valence-corrected chi connectivity index (χ4v) is 5.77. The van der Waals surface area contributed by atoms with E-state index >= 15 is 0 Å². The largest absolute Gasteiger partial charge is 0.497 e. The first kappa shape index (κ1) is 25.8. The highest BCUT2D eigenvalue weighted by atomic mass is 16.5. The number of carbonyl (C=O) groups is 1. The van der Waals surface area contributed by atoms with Crippen molar-refractivity contribution < 1.29 is 9.53 Å². The van der Waals surface area contributed by atoms with Crippen LogP contribution in [-0.2, 0) is 4.79 Å².